The summed E-state index contributed by atoms with van der Waals surface area (Å²) < 4.78 is 1.89. The molecule has 8 heteroatoms. The summed E-state index contributed by atoms with van der Waals surface area (Å²) in [6.45, 7) is 8.55. The molecular formula is C22H33N7O. The second-order valence-electron chi connectivity index (χ2n) is 7.58. The van der Waals surface area contributed by atoms with Crippen molar-refractivity contribution in [1.82, 2.24) is 25.3 Å². The fraction of sp³-hybridized carbons (Fsp3) is 0.500. The molecule has 1 aliphatic rings. The number of nitrogens with zero attached hydrogens (tertiary/aromatic N) is 5. The van der Waals surface area contributed by atoms with E-state index < -0.39 is 0 Å². The first kappa shape index (κ1) is 21.7. The van der Waals surface area contributed by atoms with Crippen molar-refractivity contribution in [3.05, 3.63) is 47.3 Å². The number of aliphatic imine (C=N–C) groups is 1. The van der Waals surface area contributed by atoms with Gasteiger partial charge in [-0.2, -0.15) is 5.10 Å². The molecule has 0 radical (unpaired) electrons. The van der Waals surface area contributed by atoms with Gasteiger partial charge in [0.05, 0.1) is 5.69 Å². The van der Waals surface area contributed by atoms with Gasteiger partial charge >= 0.3 is 0 Å². The van der Waals surface area contributed by atoms with Crippen LogP contribution in [0.25, 0.3) is 0 Å². The topological polar surface area (TPSA) is 77.8 Å². The Morgan fingerprint density at radius 1 is 1.10 bits per heavy atom. The lowest BCUT2D eigenvalue weighted by atomic mass is 10.2. The molecule has 0 unspecified atom stereocenters. The number of piperazine rings is 1. The third-order valence-corrected chi connectivity index (χ3v) is 5.70. The molecule has 3 rings (SSSR count). The van der Waals surface area contributed by atoms with Crippen LogP contribution in [0.15, 0.2) is 35.3 Å². The van der Waals surface area contributed by atoms with Crippen molar-refractivity contribution in [1.29, 1.82) is 0 Å². The van der Waals surface area contributed by atoms with Crippen molar-refractivity contribution in [3.63, 3.8) is 0 Å². The number of aryl methyl sites for hydroxylation is 2. The molecule has 8 nitrogen and oxygen atoms in total. The largest absolute Gasteiger partial charge is 0.368 e. The van der Waals surface area contributed by atoms with Crippen molar-refractivity contribution in [3.8, 4) is 0 Å². The smallest absolute Gasteiger partial charge is 0.224 e. The summed E-state index contributed by atoms with van der Waals surface area (Å²) in [4.78, 5) is 21.1. The molecule has 30 heavy (non-hydrogen) atoms. The number of guanidine groups is 1. The summed E-state index contributed by atoms with van der Waals surface area (Å²) in [5.74, 6) is 0.879. The van der Waals surface area contributed by atoms with Crippen LogP contribution in [-0.4, -0.2) is 66.3 Å². The Hall–Kier alpha value is -3.03. The molecule has 2 aromatic rings. The SMILES string of the molecule is CN=C(NCCC(=O)N1CCN(c2ccccc2)CC1)NCc1c(C)nn(C)c1C. The van der Waals surface area contributed by atoms with Crippen LogP contribution in [0.1, 0.15) is 23.4 Å². The van der Waals surface area contributed by atoms with E-state index in [1.807, 2.05) is 29.6 Å². The van der Waals surface area contributed by atoms with Gasteiger partial charge in [-0.3, -0.25) is 14.5 Å². The quantitative estimate of drug-likeness (QED) is 0.556. The van der Waals surface area contributed by atoms with E-state index >= 15 is 0 Å². The van der Waals surface area contributed by atoms with Gasteiger partial charge in [0, 0.05) is 76.7 Å². The van der Waals surface area contributed by atoms with Crippen LogP contribution in [0, 0.1) is 13.8 Å². The average Bonchev–Trinajstić information content (AvgIpc) is 3.02. The third-order valence-electron chi connectivity index (χ3n) is 5.70. The lowest BCUT2D eigenvalue weighted by molar-refractivity contribution is -0.131. The van der Waals surface area contributed by atoms with E-state index in [1.165, 1.54) is 11.3 Å². The van der Waals surface area contributed by atoms with Crippen LogP contribution in [0.3, 0.4) is 0 Å². The number of carbonyl (C=O) groups excluding carboxylic acids is 1. The zero-order valence-electron chi connectivity index (χ0n) is 18.5. The normalized spacial score (nSPS) is 14.7. The Labute approximate surface area is 179 Å². The fourth-order valence-electron chi connectivity index (χ4n) is 3.76. The molecule has 1 amide bonds. The second kappa shape index (κ2) is 10.1. The molecule has 0 aliphatic carbocycles. The number of nitrogens with one attached hydrogen (secondary N) is 2. The Kier molecular flexibility index (Phi) is 7.32. The third kappa shape index (κ3) is 5.31. The number of benzene rings is 1. The predicted octanol–water partition coefficient (Wildman–Crippen LogP) is 1.44. The van der Waals surface area contributed by atoms with E-state index in [4.69, 9.17) is 0 Å². The van der Waals surface area contributed by atoms with Crippen molar-refractivity contribution in [2.75, 3.05) is 44.7 Å². The Morgan fingerprint density at radius 3 is 2.40 bits per heavy atom. The summed E-state index contributed by atoms with van der Waals surface area (Å²) >= 11 is 0. The van der Waals surface area contributed by atoms with Crippen LogP contribution in [0.5, 0.6) is 0 Å². The highest BCUT2D eigenvalue weighted by Crippen LogP contribution is 2.16. The maximum Gasteiger partial charge on any atom is 0.224 e. The lowest BCUT2D eigenvalue weighted by Gasteiger charge is -2.36. The number of anilines is 1. The zero-order valence-corrected chi connectivity index (χ0v) is 18.5. The monoisotopic (exact) mass is 411 g/mol. The first-order valence-corrected chi connectivity index (χ1v) is 10.5. The highest BCUT2D eigenvalue weighted by atomic mass is 16.2. The summed E-state index contributed by atoms with van der Waals surface area (Å²) in [6.07, 6.45) is 0.455. The standard InChI is InChI=1S/C22H33N7O/c1-17-20(18(2)27(4)26-17)16-25-22(23-3)24-11-10-21(30)29-14-12-28(13-15-29)19-8-6-5-7-9-19/h5-9H,10-16H2,1-4H3,(H2,23,24,25). The molecule has 1 aromatic heterocycles. The molecule has 0 bridgehead atoms. The summed E-state index contributed by atoms with van der Waals surface area (Å²) in [5.41, 5.74) is 4.55. The number of aromatic nitrogens is 2. The fourth-order valence-corrected chi connectivity index (χ4v) is 3.76. The lowest BCUT2D eigenvalue weighted by Crippen LogP contribution is -2.49. The predicted molar refractivity (Wildman–Crippen MR) is 121 cm³/mol. The number of hydrogen-bond donors (Lipinski definition) is 2. The average molecular weight is 412 g/mol. The van der Waals surface area contributed by atoms with Gasteiger partial charge in [0.25, 0.3) is 0 Å². The Morgan fingerprint density at radius 2 is 1.80 bits per heavy atom. The van der Waals surface area contributed by atoms with E-state index in [0.29, 0.717) is 25.5 Å². The Balaban J connectivity index is 1.39. The van der Waals surface area contributed by atoms with Crippen LogP contribution >= 0.6 is 0 Å². The first-order chi connectivity index (χ1) is 14.5. The first-order valence-electron chi connectivity index (χ1n) is 10.5. The molecule has 1 aliphatic heterocycles. The van der Waals surface area contributed by atoms with E-state index in [2.05, 4.69) is 56.8 Å². The minimum Gasteiger partial charge on any atom is -0.368 e. The van der Waals surface area contributed by atoms with Crippen LogP contribution in [-0.2, 0) is 18.4 Å². The second-order valence-corrected chi connectivity index (χ2v) is 7.58. The van der Waals surface area contributed by atoms with Crippen molar-refractivity contribution < 1.29 is 4.79 Å². The number of rotatable bonds is 6. The minimum absolute atomic E-state index is 0.185. The van der Waals surface area contributed by atoms with Crippen molar-refractivity contribution in [2.24, 2.45) is 12.0 Å². The number of carbonyl (C=O) groups is 1. The zero-order chi connectivity index (χ0) is 21.5. The molecule has 0 atom stereocenters. The van der Waals surface area contributed by atoms with Gasteiger partial charge < -0.3 is 20.4 Å². The van der Waals surface area contributed by atoms with Crippen LogP contribution < -0.4 is 15.5 Å². The molecule has 2 heterocycles. The van der Waals surface area contributed by atoms with Crippen molar-refractivity contribution in [2.45, 2.75) is 26.8 Å². The minimum atomic E-state index is 0.185. The van der Waals surface area contributed by atoms with Gasteiger partial charge in [0.1, 0.15) is 0 Å². The van der Waals surface area contributed by atoms with Gasteiger partial charge in [-0.05, 0) is 26.0 Å². The molecule has 0 spiro atoms. The van der Waals surface area contributed by atoms with Gasteiger partial charge in [-0.15, -0.1) is 0 Å². The molecule has 162 valence electrons. The molecule has 1 fully saturated rings. The highest BCUT2D eigenvalue weighted by molar-refractivity contribution is 5.81. The summed E-state index contributed by atoms with van der Waals surface area (Å²) in [6, 6.07) is 10.4. The number of para-hydroxylation sites is 1. The van der Waals surface area contributed by atoms with Crippen molar-refractivity contribution >= 4 is 17.6 Å². The van der Waals surface area contributed by atoms with E-state index in [-0.39, 0.29) is 5.91 Å². The maximum absolute atomic E-state index is 12.6. The molecule has 1 aromatic carbocycles. The van der Waals surface area contributed by atoms with E-state index in [0.717, 1.165) is 37.6 Å². The van der Waals surface area contributed by atoms with Gasteiger partial charge in [-0.1, -0.05) is 18.2 Å². The number of amides is 1. The van der Waals surface area contributed by atoms with Gasteiger partial charge in [0.15, 0.2) is 5.96 Å². The Bertz CT molecular complexity index is 867. The number of hydrogen-bond acceptors (Lipinski definition) is 4. The maximum atomic E-state index is 12.6. The van der Waals surface area contributed by atoms with E-state index in [1.54, 1.807) is 7.05 Å². The highest BCUT2D eigenvalue weighted by Gasteiger charge is 2.21. The van der Waals surface area contributed by atoms with Crippen LogP contribution in [0.4, 0.5) is 5.69 Å². The molecule has 1 saturated heterocycles. The summed E-state index contributed by atoms with van der Waals surface area (Å²) in [7, 11) is 3.69. The molecular weight excluding hydrogens is 378 g/mol. The van der Waals surface area contributed by atoms with Gasteiger partial charge in [0.2, 0.25) is 5.91 Å². The van der Waals surface area contributed by atoms with Crippen LogP contribution in [0.2, 0.25) is 0 Å². The molecule has 2 N–H and O–H groups in total. The summed E-state index contributed by atoms with van der Waals surface area (Å²) in [5, 5.41) is 11.0. The molecule has 0 saturated carbocycles. The van der Waals surface area contributed by atoms with E-state index in [9.17, 15) is 4.79 Å². The van der Waals surface area contributed by atoms with Gasteiger partial charge in [-0.25, -0.2) is 0 Å².